The highest BCUT2D eigenvalue weighted by Crippen LogP contribution is 2.42. The number of rotatable bonds is 4. The van der Waals surface area contributed by atoms with Crippen molar-refractivity contribution in [3.05, 3.63) is 176 Å². The van der Waals surface area contributed by atoms with Crippen molar-refractivity contribution in [2.75, 3.05) is 0 Å². The number of pyridine rings is 1. The maximum absolute atomic E-state index is 5.31. The van der Waals surface area contributed by atoms with Crippen LogP contribution < -0.4 is 0 Å². The van der Waals surface area contributed by atoms with Gasteiger partial charge in [-0.15, -0.1) is 0 Å². The fourth-order valence-corrected chi connectivity index (χ4v) is 7.54. The first kappa shape index (κ1) is 28.3. The van der Waals surface area contributed by atoms with Gasteiger partial charge >= 0.3 is 0 Å². The molecule has 2 aromatic heterocycles. The van der Waals surface area contributed by atoms with E-state index >= 15 is 0 Å². The van der Waals surface area contributed by atoms with Crippen LogP contribution >= 0.6 is 0 Å². The van der Waals surface area contributed by atoms with Gasteiger partial charge in [-0.2, -0.15) is 0 Å². The maximum Gasteiger partial charge on any atom is 0.160 e. The Morgan fingerprint density at radius 3 is 1.76 bits per heavy atom. The topological polar surface area (TPSA) is 38.7 Å². The summed E-state index contributed by atoms with van der Waals surface area (Å²) in [4.78, 5) is 15.7. The van der Waals surface area contributed by atoms with Gasteiger partial charge in [-0.05, 0) is 57.1 Å². The van der Waals surface area contributed by atoms with E-state index in [0.717, 1.165) is 71.4 Å². The molecule has 0 N–H and O–H groups in total. The van der Waals surface area contributed by atoms with Gasteiger partial charge in [0.2, 0.25) is 0 Å². The van der Waals surface area contributed by atoms with E-state index in [1.54, 1.807) is 0 Å². The van der Waals surface area contributed by atoms with E-state index in [0.29, 0.717) is 5.82 Å². The first-order valence-corrected chi connectivity index (χ1v) is 17.0. The number of benzene rings is 8. The summed E-state index contributed by atoms with van der Waals surface area (Å²) in [6.07, 6.45) is 0. The lowest BCUT2D eigenvalue weighted by atomic mass is 9.89. The van der Waals surface area contributed by atoms with Crippen molar-refractivity contribution in [3.63, 3.8) is 0 Å². The second-order valence-electron chi connectivity index (χ2n) is 12.8. The first-order chi connectivity index (χ1) is 24.8. The van der Waals surface area contributed by atoms with Crippen LogP contribution in [0.25, 0.3) is 99.2 Å². The third-order valence-electron chi connectivity index (χ3n) is 9.83. The van der Waals surface area contributed by atoms with Crippen molar-refractivity contribution in [2.24, 2.45) is 0 Å². The van der Waals surface area contributed by atoms with E-state index < -0.39 is 0 Å². The van der Waals surface area contributed by atoms with Crippen LogP contribution in [0.1, 0.15) is 0 Å². The smallest absolute Gasteiger partial charge is 0.160 e. The molecule has 0 aliphatic rings. The van der Waals surface area contributed by atoms with Gasteiger partial charge in [-0.3, -0.25) is 0 Å². The van der Waals surface area contributed by atoms with Crippen molar-refractivity contribution >= 4 is 54.3 Å². The monoisotopic (exact) mass is 635 g/mol. The number of nitrogens with zero attached hydrogens (tertiary/aromatic N) is 3. The zero-order chi connectivity index (χ0) is 33.0. The van der Waals surface area contributed by atoms with Crippen LogP contribution in [0.3, 0.4) is 0 Å². The molecule has 0 bridgehead atoms. The lowest BCUT2D eigenvalue weighted by Crippen LogP contribution is -1.96. The van der Waals surface area contributed by atoms with Gasteiger partial charge in [-0.25, -0.2) is 15.0 Å². The Bertz CT molecular complexity index is 2920. The third-order valence-corrected chi connectivity index (χ3v) is 9.83. The summed E-state index contributed by atoms with van der Waals surface area (Å²) in [6, 6.07) is 62.0. The minimum Gasteiger partial charge on any atom is -0.247 e. The van der Waals surface area contributed by atoms with Gasteiger partial charge in [0, 0.05) is 38.2 Å². The Labute approximate surface area is 289 Å². The molecular formula is C47H29N3. The van der Waals surface area contributed by atoms with Gasteiger partial charge < -0.3 is 0 Å². The summed E-state index contributed by atoms with van der Waals surface area (Å²) in [5.74, 6) is 0.705. The fraction of sp³-hybridized carbons (Fsp3) is 0. The fourth-order valence-electron chi connectivity index (χ4n) is 7.54. The number of fused-ring (bicyclic) bond motifs is 6. The van der Waals surface area contributed by atoms with Crippen molar-refractivity contribution < 1.29 is 0 Å². The Morgan fingerprint density at radius 2 is 0.920 bits per heavy atom. The normalized spacial score (nSPS) is 11.6. The minimum absolute atomic E-state index is 0.705. The summed E-state index contributed by atoms with van der Waals surface area (Å²) in [7, 11) is 0. The Kier molecular flexibility index (Phi) is 6.49. The molecule has 3 heteroatoms. The van der Waals surface area contributed by atoms with Crippen LogP contribution in [-0.2, 0) is 0 Å². The molecule has 232 valence electrons. The molecule has 8 aromatic carbocycles. The summed E-state index contributed by atoms with van der Waals surface area (Å²) in [6.45, 7) is 0. The van der Waals surface area contributed by atoms with E-state index in [4.69, 9.17) is 15.0 Å². The average molecular weight is 636 g/mol. The van der Waals surface area contributed by atoms with Crippen molar-refractivity contribution in [3.8, 4) is 44.9 Å². The van der Waals surface area contributed by atoms with E-state index in [2.05, 4.69) is 170 Å². The summed E-state index contributed by atoms with van der Waals surface area (Å²) < 4.78 is 0. The van der Waals surface area contributed by atoms with Crippen LogP contribution in [-0.4, -0.2) is 15.0 Å². The molecule has 0 unspecified atom stereocenters. The molecule has 50 heavy (non-hydrogen) atoms. The van der Waals surface area contributed by atoms with E-state index in [1.807, 2.05) is 6.07 Å². The Balaban J connectivity index is 1.22. The average Bonchev–Trinajstić information content (AvgIpc) is 3.19. The summed E-state index contributed by atoms with van der Waals surface area (Å²) in [5.41, 5.74) is 10.6. The predicted molar refractivity (Wildman–Crippen MR) is 209 cm³/mol. The molecule has 0 spiro atoms. The molecule has 0 fully saturated rings. The lowest BCUT2D eigenvalue weighted by molar-refractivity contribution is 1.23. The Hall–Kier alpha value is -6.71. The summed E-state index contributed by atoms with van der Waals surface area (Å²) >= 11 is 0. The molecule has 10 rings (SSSR count). The van der Waals surface area contributed by atoms with Gasteiger partial charge in [-0.1, -0.05) is 152 Å². The quantitative estimate of drug-likeness (QED) is 0.143. The highest BCUT2D eigenvalue weighted by Gasteiger charge is 2.18. The zero-order valence-electron chi connectivity index (χ0n) is 27.1. The number of hydrogen-bond donors (Lipinski definition) is 0. The Morgan fingerprint density at radius 1 is 0.320 bits per heavy atom. The van der Waals surface area contributed by atoms with Crippen molar-refractivity contribution in [2.45, 2.75) is 0 Å². The molecule has 2 heterocycles. The highest BCUT2D eigenvalue weighted by atomic mass is 14.9. The molecule has 3 nitrogen and oxygen atoms in total. The van der Waals surface area contributed by atoms with E-state index in [9.17, 15) is 0 Å². The standard InChI is InChI=1S/C47H29N3/c1-2-15-31(16-3-1)44-38-23-8-10-26-42(38)48-46-37-22-7-6-21-35(37)40(29-41(44)46)32-18-12-19-33(28-32)47-49-43-27-11-9-24-39(43)45(50-47)36-25-13-17-30-14-4-5-20-34(30)36/h1-29H. The van der Waals surface area contributed by atoms with Crippen LogP contribution in [0, 0.1) is 0 Å². The second-order valence-corrected chi connectivity index (χ2v) is 12.8. The van der Waals surface area contributed by atoms with Crippen molar-refractivity contribution in [1.29, 1.82) is 0 Å². The molecule has 0 amide bonds. The zero-order valence-corrected chi connectivity index (χ0v) is 27.1. The van der Waals surface area contributed by atoms with Crippen LogP contribution in [0.5, 0.6) is 0 Å². The van der Waals surface area contributed by atoms with Gasteiger partial charge in [0.25, 0.3) is 0 Å². The van der Waals surface area contributed by atoms with Crippen molar-refractivity contribution in [1.82, 2.24) is 15.0 Å². The van der Waals surface area contributed by atoms with Gasteiger partial charge in [0.05, 0.1) is 22.2 Å². The third kappa shape index (κ3) is 4.56. The van der Waals surface area contributed by atoms with E-state index in [1.165, 1.54) is 21.9 Å². The molecule has 0 saturated heterocycles. The molecule has 0 saturated carbocycles. The minimum atomic E-state index is 0.705. The number of para-hydroxylation sites is 2. The first-order valence-electron chi connectivity index (χ1n) is 17.0. The van der Waals surface area contributed by atoms with Gasteiger partial charge in [0.15, 0.2) is 5.82 Å². The molecular weight excluding hydrogens is 607 g/mol. The molecule has 10 aromatic rings. The number of aromatic nitrogens is 3. The largest absolute Gasteiger partial charge is 0.247 e. The number of hydrogen-bond acceptors (Lipinski definition) is 3. The van der Waals surface area contributed by atoms with Crippen LogP contribution in [0.4, 0.5) is 0 Å². The highest BCUT2D eigenvalue weighted by molar-refractivity contribution is 6.20. The van der Waals surface area contributed by atoms with Crippen LogP contribution in [0.2, 0.25) is 0 Å². The summed E-state index contributed by atoms with van der Waals surface area (Å²) in [5, 5.41) is 7.98. The molecule has 0 aliphatic carbocycles. The van der Waals surface area contributed by atoms with E-state index in [-0.39, 0.29) is 0 Å². The SMILES string of the molecule is c1ccc(-c2c3ccccc3nc3c2cc(-c2cccc(-c4nc(-c5cccc6ccccc56)c5ccccc5n4)c2)c2ccccc23)cc1. The van der Waals surface area contributed by atoms with Crippen LogP contribution in [0.15, 0.2) is 176 Å². The maximum atomic E-state index is 5.31. The second kappa shape index (κ2) is 11.5. The lowest BCUT2D eigenvalue weighted by Gasteiger charge is -2.16. The predicted octanol–water partition coefficient (Wildman–Crippen LogP) is 12.3. The molecule has 0 radical (unpaired) electrons. The molecule has 0 atom stereocenters. The molecule has 0 aliphatic heterocycles. The van der Waals surface area contributed by atoms with Gasteiger partial charge in [0.1, 0.15) is 0 Å².